The molecule has 11 nitrogen and oxygen atoms in total. The minimum Gasteiger partial charge on any atom is -0.457 e. The van der Waals surface area contributed by atoms with Crippen LogP contribution in [0.3, 0.4) is 0 Å². The number of likely N-dealkylation sites (N-methyl/N-ethyl adjacent to an activating group) is 1. The third kappa shape index (κ3) is 8.16. The second-order valence-corrected chi connectivity index (χ2v) is 12.1. The minimum absolute atomic E-state index is 0. The van der Waals surface area contributed by atoms with E-state index in [0.717, 1.165) is 45.1 Å². The highest BCUT2D eigenvalue weighted by Gasteiger charge is 2.56. The normalized spacial score (nSPS) is 18.1. The molecule has 4 amide bonds. The zero-order valence-corrected chi connectivity index (χ0v) is 26.8. The lowest BCUT2D eigenvalue weighted by Gasteiger charge is -2.42. The van der Waals surface area contributed by atoms with E-state index in [1.165, 1.54) is 42.6 Å². The molecule has 0 spiro atoms. The van der Waals surface area contributed by atoms with Gasteiger partial charge in [-0.15, -0.1) is 12.4 Å². The third-order valence-corrected chi connectivity index (χ3v) is 8.92. The lowest BCUT2D eigenvalue weighted by atomic mass is 10.0. The van der Waals surface area contributed by atoms with Crippen molar-refractivity contribution in [2.45, 2.75) is 31.7 Å². The average molecular weight is 670 g/mol. The number of ether oxygens (including phenoxy) is 1. The van der Waals surface area contributed by atoms with Crippen LogP contribution in [0, 0.1) is 17.0 Å². The topological polar surface area (TPSA) is 119 Å². The first-order chi connectivity index (χ1) is 22.2. The standard InChI is InChI=1S/C33H37F2N7O4.ClH/c1-40-16-18-41(19-17-40)24-9-14-42(15-10-24)32(45)39-29-21-26(8-13-36-29)46-25-6-7-28(27(35)20-25)38-31(44)33(11-12-33)30(43)37-23-4-2-22(34)3-5-23;/h2-8,13,20-21,24H,9-12,14-19H2,1H3,(H,37,43)(H,38,44)(H,36,39,45);1H. The highest BCUT2D eigenvalue weighted by atomic mass is 35.5. The van der Waals surface area contributed by atoms with Crippen molar-refractivity contribution in [3.8, 4) is 11.5 Å². The number of hydrogen-bond acceptors (Lipinski definition) is 7. The molecule has 0 bridgehead atoms. The number of nitrogens with zero attached hydrogens (tertiary/aromatic N) is 4. The number of aromatic nitrogens is 1. The molecule has 1 saturated carbocycles. The van der Waals surface area contributed by atoms with Gasteiger partial charge in [0.05, 0.1) is 5.69 Å². The number of likely N-dealkylation sites (tertiary alicyclic amines) is 1. The van der Waals surface area contributed by atoms with Gasteiger partial charge in [0, 0.05) is 69.3 Å². The Bertz CT molecular complexity index is 1590. The quantitative estimate of drug-likeness (QED) is 0.283. The first-order valence-corrected chi connectivity index (χ1v) is 15.5. The summed E-state index contributed by atoms with van der Waals surface area (Å²) in [6.45, 7) is 5.60. The lowest BCUT2D eigenvalue weighted by molar-refractivity contribution is -0.131. The van der Waals surface area contributed by atoms with Gasteiger partial charge in [0.1, 0.15) is 34.4 Å². The number of urea groups is 1. The molecule has 1 aliphatic carbocycles. The summed E-state index contributed by atoms with van der Waals surface area (Å²) in [7, 11) is 2.14. The smallest absolute Gasteiger partial charge is 0.323 e. The summed E-state index contributed by atoms with van der Waals surface area (Å²) in [5.41, 5.74) is -1.07. The molecule has 47 heavy (non-hydrogen) atoms. The Balaban J connectivity index is 0.00000433. The minimum atomic E-state index is -1.33. The Kier molecular flexibility index (Phi) is 10.6. The maximum Gasteiger partial charge on any atom is 0.323 e. The van der Waals surface area contributed by atoms with E-state index in [2.05, 4.69) is 37.8 Å². The molecule has 2 aromatic carbocycles. The molecule has 0 radical (unpaired) electrons. The third-order valence-electron chi connectivity index (χ3n) is 8.92. The van der Waals surface area contributed by atoms with E-state index >= 15 is 4.39 Å². The summed E-state index contributed by atoms with van der Waals surface area (Å²) in [6, 6.07) is 12.6. The Morgan fingerprint density at radius 1 is 0.830 bits per heavy atom. The number of piperidine rings is 1. The Morgan fingerprint density at radius 2 is 1.49 bits per heavy atom. The number of carbonyl (C=O) groups excluding carboxylic acids is 3. The maximum absolute atomic E-state index is 15.0. The van der Waals surface area contributed by atoms with Crippen LogP contribution in [0.5, 0.6) is 11.5 Å². The molecule has 3 heterocycles. The van der Waals surface area contributed by atoms with Crippen molar-refractivity contribution in [2.24, 2.45) is 5.41 Å². The van der Waals surface area contributed by atoms with Crippen molar-refractivity contribution in [2.75, 3.05) is 62.3 Å². The summed E-state index contributed by atoms with van der Waals surface area (Å²) in [6.07, 6.45) is 3.97. The molecule has 0 unspecified atom stereocenters. The molecule has 1 aromatic heterocycles. The molecule has 3 fully saturated rings. The number of rotatable bonds is 8. The highest BCUT2D eigenvalue weighted by Crippen LogP contribution is 2.47. The molecule has 3 N–H and O–H groups in total. The first-order valence-electron chi connectivity index (χ1n) is 15.5. The van der Waals surface area contributed by atoms with E-state index in [-0.39, 0.29) is 29.9 Å². The molecular formula is C33H38ClF2N7O4. The van der Waals surface area contributed by atoms with Crippen molar-refractivity contribution >= 4 is 47.4 Å². The predicted molar refractivity (Wildman–Crippen MR) is 176 cm³/mol. The fraction of sp³-hybridized carbons (Fsp3) is 0.394. The van der Waals surface area contributed by atoms with Gasteiger partial charge in [-0.3, -0.25) is 19.8 Å². The van der Waals surface area contributed by atoms with Gasteiger partial charge in [-0.05, 0) is 75.2 Å². The van der Waals surface area contributed by atoms with Gasteiger partial charge in [-0.25, -0.2) is 18.6 Å². The number of hydrogen-bond donors (Lipinski definition) is 3. The molecule has 3 aromatic rings. The fourth-order valence-electron chi connectivity index (χ4n) is 5.86. The van der Waals surface area contributed by atoms with Crippen molar-refractivity contribution in [1.29, 1.82) is 0 Å². The Morgan fingerprint density at radius 3 is 2.15 bits per heavy atom. The van der Waals surface area contributed by atoms with E-state index in [4.69, 9.17) is 4.74 Å². The molecule has 250 valence electrons. The number of anilines is 3. The van der Waals surface area contributed by atoms with Crippen LogP contribution in [0.1, 0.15) is 25.7 Å². The van der Waals surface area contributed by atoms with Gasteiger partial charge >= 0.3 is 6.03 Å². The lowest BCUT2D eigenvalue weighted by Crippen LogP contribution is -2.53. The summed E-state index contributed by atoms with van der Waals surface area (Å²) in [5.74, 6) is -1.54. The molecule has 2 saturated heterocycles. The Labute approximate surface area is 278 Å². The summed E-state index contributed by atoms with van der Waals surface area (Å²) >= 11 is 0. The van der Waals surface area contributed by atoms with E-state index in [9.17, 15) is 18.8 Å². The number of amides is 4. The van der Waals surface area contributed by atoms with E-state index in [1.54, 1.807) is 17.0 Å². The fourth-order valence-corrected chi connectivity index (χ4v) is 5.86. The molecule has 14 heteroatoms. The van der Waals surface area contributed by atoms with Gasteiger partial charge < -0.3 is 25.2 Å². The number of piperazine rings is 1. The SMILES string of the molecule is CN1CCN(C2CCN(C(=O)Nc3cc(Oc4ccc(NC(=O)C5(C(=O)Nc6ccc(F)cc6)CC5)c(F)c4)ccn3)CC2)CC1.Cl. The van der Waals surface area contributed by atoms with Gasteiger partial charge in [-0.1, -0.05) is 0 Å². The predicted octanol–water partition coefficient (Wildman–Crippen LogP) is 5.18. The van der Waals surface area contributed by atoms with E-state index < -0.39 is 28.9 Å². The largest absolute Gasteiger partial charge is 0.457 e. The van der Waals surface area contributed by atoms with Gasteiger partial charge in [0.2, 0.25) is 11.8 Å². The van der Waals surface area contributed by atoms with Gasteiger partial charge in [-0.2, -0.15) is 0 Å². The summed E-state index contributed by atoms with van der Waals surface area (Å²) in [4.78, 5) is 49.6. The van der Waals surface area contributed by atoms with Crippen LogP contribution < -0.4 is 20.7 Å². The van der Waals surface area contributed by atoms with Crippen LogP contribution >= 0.6 is 12.4 Å². The summed E-state index contributed by atoms with van der Waals surface area (Å²) < 4.78 is 34.0. The van der Waals surface area contributed by atoms with E-state index in [0.29, 0.717) is 49.2 Å². The van der Waals surface area contributed by atoms with Crippen LogP contribution in [0.15, 0.2) is 60.8 Å². The van der Waals surface area contributed by atoms with Gasteiger partial charge in [0.25, 0.3) is 0 Å². The highest BCUT2D eigenvalue weighted by molar-refractivity contribution is 6.16. The zero-order valence-electron chi connectivity index (χ0n) is 26.0. The van der Waals surface area contributed by atoms with Crippen molar-refractivity contribution in [3.63, 3.8) is 0 Å². The van der Waals surface area contributed by atoms with Crippen LogP contribution in [-0.2, 0) is 9.59 Å². The van der Waals surface area contributed by atoms with Crippen LogP contribution in [0.25, 0.3) is 0 Å². The first kappa shape index (κ1) is 34.0. The molecule has 6 rings (SSSR count). The summed E-state index contributed by atoms with van der Waals surface area (Å²) in [5, 5.41) is 7.96. The number of halogens is 3. The van der Waals surface area contributed by atoms with Crippen LogP contribution in [-0.4, -0.2) is 89.9 Å². The number of carbonyl (C=O) groups is 3. The number of pyridine rings is 1. The van der Waals surface area contributed by atoms with E-state index in [1.807, 2.05) is 0 Å². The maximum atomic E-state index is 15.0. The Hall–Kier alpha value is -4.33. The molecule has 2 aliphatic heterocycles. The van der Waals surface area contributed by atoms with Crippen molar-refractivity contribution in [3.05, 3.63) is 72.4 Å². The number of benzene rings is 2. The van der Waals surface area contributed by atoms with Crippen LogP contribution in [0.4, 0.5) is 30.8 Å². The second-order valence-electron chi connectivity index (χ2n) is 12.1. The average Bonchev–Trinajstić information content (AvgIpc) is 3.87. The molecule has 3 aliphatic rings. The molecule has 0 atom stereocenters. The second kappa shape index (κ2) is 14.6. The monoisotopic (exact) mass is 669 g/mol. The van der Waals surface area contributed by atoms with Gasteiger partial charge in [0.15, 0.2) is 0 Å². The van der Waals surface area contributed by atoms with Crippen LogP contribution in [0.2, 0.25) is 0 Å². The number of nitrogens with one attached hydrogen (secondary N) is 3. The van der Waals surface area contributed by atoms with Crippen molar-refractivity contribution < 1.29 is 27.9 Å². The zero-order chi connectivity index (χ0) is 32.3. The molecular weight excluding hydrogens is 632 g/mol. The van der Waals surface area contributed by atoms with Crippen molar-refractivity contribution in [1.82, 2.24) is 19.7 Å².